The normalized spacial score (nSPS) is 13.1. The zero-order valence-electron chi connectivity index (χ0n) is 42.4. The largest absolute Gasteiger partial charge is 0.180 e. The third-order valence-corrected chi connectivity index (χ3v) is 18.6. The van der Waals surface area contributed by atoms with Crippen molar-refractivity contribution in [1.82, 2.24) is 0 Å². The van der Waals surface area contributed by atoms with Crippen molar-refractivity contribution in [2.24, 2.45) is 0 Å². The van der Waals surface area contributed by atoms with Crippen LogP contribution < -0.4 is 20.7 Å². The van der Waals surface area contributed by atoms with E-state index in [1.54, 1.807) is 0 Å². The van der Waals surface area contributed by atoms with Gasteiger partial charge < -0.3 is 0 Å². The van der Waals surface area contributed by atoms with Gasteiger partial charge in [-0.3, -0.25) is 0 Å². The SMILES string of the molecule is [2H]c1c(-c2c3ccccc3c([Si](c3ccccc3)(c3ccccc3)c3ccccc3)c3cc4ccccc4cc23)c([2H])c2c([2H])c([2H])c(-c3c4ccccc4c(-c4ccccc4)c4ccccc34)c([2H])c2c1[2H]. The van der Waals surface area contributed by atoms with Gasteiger partial charge in [-0.05, 0) is 143 Å². The first-order chi connectivity index (χ1) is 35.8. The summed E-state index contributed by atoms with van der Waals surface area (Å²) < 4.78 is 60.4. The molecule has 0 radical (unpaired) electrons. The fourth-order valence-corrected chi connectivity index (χ4v) is 16.1. The molecule has 67 heavy (non-hydrogen) atoms. The standard InChI is InChI=1S/C66H44Si/c1-5-21-45(22-6-1)63-55-31-15-17-33-57(55)64(58-34-18-16-32-56(58)63)50-39-37-49-42-51(40-38-48(49)41-50)65-59-35-19-20-36-60(59)66(62-44-47-24-14-13-23-46(47)43-61(62)65)67(52-25-7-2-8-26-52,53-27-9-3-10-28-53)54-29-11-4-12-30-54/h1-44H/i37D,38D,39D,40D,41D,42D. The number of hydrogen-bond donors (Lipinski definition) is 0. The third kappa shape index (κ3) is 6.20. The van der Waals surface area contributed by atoms with Gasteiger partial charge in [0.25, 0.3) is 0 Å². The Morgan fingerprint density at radius 2 is 0.582 bits per heavy atom. The van der Waals surface area contributed by atoms with Crippen molar-refractivity contribution in [2.45, 2.75) is 0 Å². The number of benzene rings is 13. The Hall–Kier alpha value is -8.36. The monoisotopic (exact) mass is 870 g/mol. The minimum absolute atomic E-state index is 0.0212. The molecule has 0 atom stereocenters. The number of hydrogen-bond acceptors (Lipinski definition) is 0. The van der Waals surface area contributed by atoms with E-state index in [4.69, 9.17) is 0 Å². The van der Waals surface area contributed by atoms with Gasteiger partial charge in [-0.2, -0.15) is 0 Å². The van der Waals surface area contributed by atoms with Gasteiger partial charge in [-0.25, -0.2) is 0 Å². The molecule has 0 spiro atoms. The van der Waals surface area contributed by atoms with Crippen LogP contribution in [0.2, 0.25) is 0 Å². The Morgan fingerprint density at radius 1 is 0.254 bits per heavy atom. The molecule has 0 aliphatic heterocycles. The molecule has 0 saturated heterocycles. The van der Waals surface area contributed by atoms with Crippen LogP contribution in [0.5, 0.6) is 0 Å². The van der Waals surface area contributed by atoms with Crippen LogP contribution in [0.25, 0.3) is 98.0 Å². The molecule has 13 aromatic rings. The van der Waals surface area contributed by atoms with Crippen molar-refractivity contribution < 1.29 is 8.22 Å². The Labute approximate surface area is 400 Å². The highest BCUT2D eigenvalue weighted by Crippen LogP contribution is 2.45. The highest BCUT2D eigenvalue weighted by atomic mass is 28.3. The zero-order chi connectivity index (χ0) is 49.5. The first-order valence-electron chi connectivity index (χ1n) is 25.9. The van der Waals surface area contributed by atoms with Crippen molar-refractivity contribution >= 4 is 93.5 Å². The Balaban J connectivity index is 1.17. The molecule has 0 aromatic heterocycles. The van der Waals surface area contributed by atoms with E-state index in [0.29, 0.717) is 11.1 Å². The minimum atomic E-state index is -3.26. The Morgan fingerprint density at radius 3 is 1.03 bits per heavy atom. The molecule has 13 aromatic carbocycles. The summed E-state index contributed by atoms with van der Waals surface area (Å²) in [4.78, 5) is 0. The second-order valence-electron chi connectivity index (χ2n) is 17.3. The molecule has 1 heteroatoms. The molecule has 312 valence electrons. The summed E-state index contributed by atoms with van der Waals surface area (Å²) in [5.41, 5.74) is 3.72. The van der Waals surface area contributed by atoms with Crippen molar-refractivity contribution in [3.05, 3.63) is 267 Å². The van der Waals surface area contributed by atoms with Gasteiger partial charge in [-0.1, -0.05) is 243 Å². The molecule has 13 rings (SSSR count). The summed E-state index contributed by atoms with van der Waals surface area (Å²) in [6.45, 7) is 0. The predicted molar refractivity (Wildman–Crippen MR) is 291 cm³/mol. The molecule has 0 saturated carbocycles. The van der Waals surface area contributed by atoms with Gasteiger partial charge in [0.05, 0.1) is 8.22 Å². The van der Waals surface area contributed by atoms with Crippen molar-refractivity contribution in [2.75, 3.05) is 0 Å². The molecule has 0 bridgehead atoms. The van der Waals surface area contributed by atoms with Crippen LogP contribution in [0.3, 0.4) is 0 Å². The molecular weight excluding hydrogens is 821 g/mol. The fourth-order valence-electron chi connectivity index (χ4n) is 11.0. The van der Waals surface area contributed by atoms with Crippen LogP contribution in [0, 0.1) is 0 Å². The molecule has 0 amide bonds. The van der Waals surface area contributed by atoms with Crippen LogP contribution in [0.1, 0.15) is 8.22 Å². The first kappa shape index (κ1) is 33.2. The maximum Gasteiger partial charge on any atom is 0.180 e. The molecule has 0 nitrogen and oxygen atoms in total. The Kier molecular flexibility index (Phi) is 7.90. The maximum absolute atomic E-state index is 10.3. The van der Waals surface area contributed by atoms with E-state index in [2.05, 4.69) is 164 Å². The van der Waals surface area contributed by atoms with Crippen LogP contribution in [0.15, 0.2) is 267 Å². The highest BCUT2D eigenvalue weighted by Gasteiger charge is 2.44. The smallest absolute Gasteiger partial charge is 0.0623 e. The van der Waals surface area contributed by atoms with Gasteiger partial charge in [-0.15, -0.1) is 0 Å². The second-order valence-corrected chi connectivity index (χ2v) is 21.1. The van der Waals surface area contributed by atoms with Crippen LogP contribution in [0.4, 0.5) is 0 Å². The lowest BCUT2D eigenvalue weighted by Crippen LogP contribution is -2.75. The summed E-state index contributed by atoms with van der Waals surface area (Å²) in [6, 6.07) is 78.5. The predicted octanol–water partition coefficient (Wildman–Crippen LogP) is 15.0. The molecule has 0 heterocycles. The molecule has 0 unspecified atom stereocenters. The quantitative estimate of drug-likeness (QED) is 0.0850. The average Bonchev–Trinajstić information content (AvgIpc) is 3.44. The first-order valence-corrected chi connectivity index (χ1v) is 24.9. The van der Waals surface area contributed by atoms with Crippen molar-refractivity contribution in [3.8, 4) is 33.4 Å². The lowest BCUT2D eigenvalue weighted by atomic mass is 9.85. The highest BCUT2D eigenvalue weighted by molar-refractivity contribution is 7.21. The molecule has 0 aliphatic rings. The van der Waals surface area contributed by atoms with Gasteiger partial charge in [0.2, 0.25) is 0 Å². The Bertz CT molecular complexity index is 4220. The van der Waals surface area contributed by atoms with E-state index in [1.807, 2.05) is 66.7 Å². The zero-order valence-corrected chi connectivity index (χ0v) is 37.4. The second kappa shape index (κ2) is 16.0. The van der Waals surface area contributed by atoms with Crippen LogP contribution in [-0.4, -0.2) is 8.07 Å². The van der Waals surface area contributed by atoms with E-state index in [-0.39, 0.29) is 58.2 Å². The van der Waals surface area contributed by atoms with Gasteiger partial charge in [0.15, 0.2) is 8.07 Å². The summed E-state index contributed by atoms with van der Waals surface area (Å²) >= 11 is 0. The van der Waals surface area contributed by atoms with Gasteiger partial charge in [0, 0.05) is 0 Å². The molecule has 0 aliphatic carbocycles. The minimum Gasteiger partial charge on any atom is -0.0623 e. The molecule has 0 fully saturated rings. The van der Waals surface area contributed by atoms with Crippen LogP contribution in [-0.2, 0) is 0 Å². The van der Waals surface area contributed by atoms with Crippen molar-refractivity contribution in [1.29, 1.82) is 0 Å². The summed E-state index contributed by atoms with van der Waals surface area (Å²) in [5.74, 6) is 0. The van der Waals surface area contributed by atoms with E-state index < -0.39 is 8.07 Å². The van der Waals surface area contributed by atoms with E-state index in [1.165, 1.54) is 20.7 Å². The summed E-state index contributed by atoms with van der Waals surface area (Å²) in [5, 5.41) is 13.9. The van der Waals surface area contributed by atoms with E-state index in [0.717, 1.165) is 65.0 Å². The molecule has 0 N–H and O–H groups in total. The van der Waals surface area contributed by atoms with Gasteiger partial charge in [0.1, 0.15) is 0 Å². The lowest BCUT2D eigenvalue weighted by Gasteiger charge is -2.37. The maximum atomic E-state index is 10.3. The fraction of sp³-hybridized carbons (Fsp3) is 0. The van der Waals surface area contributed by atoms with E-state index in [9.17, 15) is 8.22 Å². The third-order valence-electron chi connectivity index (χ3n) is 13.8. The average molecular weight is 871 g/mol. The summed E-state index contributed by atoms with van der Waals surface area (Å²) in [6.07, 6.45) is 0. The number of rotatable bonds is 7. The summed E-state index contributed by atoms with van der Waals surface area (Å²) in [7, 11) is -3.26. The number of fused-ring (bicyclic) bond motifs is 6. The van der Waals surface area contributed by atoms with Gasteiger partial charge >= 0.3 is 0 Å². The lowest BCUT2D eigenvalue weighted by molar-refractivity contribution is 1.66. The molecular formula is C66H44Si. The van der Waals surface area contributed by atoms with E-state index >= 15 is 0 Å². The topological polar surface area (TPSA) is 0 Å². The van der Waals surface area contributed by atoms with Crippen LogP contribution >= 0.6 is 0 Å². The van der Waals surface area contributed by atoms with Crippen molar-refractivity contribution in [3.63, 3.8) is 0 Å².